The van der Waals surface area contributed by atoms with Crippen LogP contribution in [0.1, 0.15) is 11.1 Å². The summed E-state index contributed by atoms with van der Waals surface area (Å²) >= 11 is 0. The number of aliphatic hydroxyl groups excluding tert-OH is 1. The minimum absolute atomic E-state index is 0.0117. The molecule has 6 heteroatoms. The quantitative estimate of drug-likeness (QED) is 0.849. The number of hydrogen-bond acceptors (Lipinski definition) is 2. The van der Waals surface area contributed by atoms with Crippen LogP contribution in [0.3, 0.4) is 0 Å². The summed E-state index contributed by atoms with van der Waals surface area (Å²) in [5, 5.41) is 8.93. The minimum Gasteiger partial charge on any atom is -0.392 e. The lowest BCUT2D eigenvalue weighted by Gasteiger charge is -2.09. The molecule has 0 unspecified atom stereocenters. The van der Waals surface area contributed by atoms with Crippen LogP contribution in [0.5, 0.6) is 0 Å². The number of hydrogen-bond donors (Lipinski definition) is 1. The average molecular weight is 271 g/mol. The molecule has 100 valence electrons. The van der Waals surface area contributed by atoms with E-state index in [4.69, 9.17) is 5.11 Å². The maximum atomic E-state index is 13.2. The number of rotatable bonds is 2. The first-order valence-electron chi connectivity index (χ1n) is 5.34. The van der Waals surface area contributed by atoms with E-state index in [9.17, 15) is 17.6 Å². The van der Waals surface area contributed by atoms with Gasteiger partial charge in [0, 0.05) is 11.1 Å². The third kappa shape index (κ3) is 2.90. The number of pyridine rings is 1. The van der Waals surface area contributed by atoms with Crippen LogP contribution in [0.25, 0.3) is 11.3 Å². The van der Waals surface area contributed by atoms with Crippen molar-refractivity contribution in [1.29, 1.82) is 0 Å². The summed E-state index contributed by atoms with van der Waals surface area (Å²) in [7, 11) is 0. The largest absolute Gasteiger partial charge is 0.416 e. The summed E-state index contributed by atoms with van der Waals surface area (Å²) in [5.74, 6) is -0.696. The molecule has 2 aromatic rings. The van der Waals surface area contributed by atoms with E-state index in [1.807, 2.05) is 0 Å². The smallest absolute Gasteiger partial charge is 0.392 e. The first kappa shape index (κ1) is 13.5. The highest BCUT2D eigenvalue weighted by Gasteiger charge is 2.30. The van der Waals surface area contributed by atoms with Crippen molar-refractivity contribution in [3.05, 3.63) is 53.5 Å². The predicted octanol–water partition coefficient (Wildman–Crippen LogP) is 3.40. The Morgan fingerprint density at radius 1 is 1.16 bits per heavy atom. The second-order valence-corrected chi connectivity index (χ2v) is 3.90. The van der Waals surface area contributed by atoms with E-state index < -0.39 is 24.2 Å². The standard InChI is InChI=1S/C13H9F4NO/c14-11-6-18-12(5-9(11)7-19)8-2-1-3-10(4-8)13(15,16)17/h1-6,19H,7H2. The highest BCUT2D eigenvalue weighted by Crippen LogP contribution is 2.31. The molecule has 0 fully saturated rings. The van der Waals surface area contributed by atoms with Crippen molar-refractivity contribution >= 4 is 0 Å². The van der Waals surface area contributed by atoms with Crippen molar-refractivity contribution in [2.75, 3.05) is 0 Å². The van der Waals surface area contributed by atoms with Gasteiger partial charge >= 0.3 is 6.18 Å². The Labute approximate surface area is 106 Å². The highest BCUT2D eigenvalue weighted by molar-refractivity contribution is 5.61. The van der Waals surface area contributed by atoms with E-state index in [1.54, 1.807) is 0 Å². The molecule has 2 rings (SSSR count). The molecule has 0 atom stereocenters. The van der Waals surface area contributed by atoms with Crippen molar-refractivity contribution in [3.63, 3.8) is 0 Å². The second-order valence-electron chi connectivity index (χ2n) is 3.90. The maximum absolute atomic E-state index is 13.2. The minimum atomic E-state index is -4.45. The molecule has 0 aliphatic carbocycles. The number of aliphatic hydroxyl groups is 1. The van der Waals surface area contributed by atoms with Gasteiger partial charge in [-0.05, 0) is 18.2 Å². The van der Waals surface area contributed by atoms with Crippen LogP contribution in [-0.2, 0) is 12.8 Å². The van der Waals surface area contributed by atoms with Crippen LogP contribution >= 0.6 is 0 Å². The lowest BCUT2D eigenvalue weighted by Crippen LogP contribution is -2.04. The topological polar surface area (TPSA) is 33.1 Å². The number of halogens is 4. The normalized spacial score (nSPS) is 11.6. The first-order valence-corrected chi connectivity index (χ1v) is 5.34. The van der Waals surface area contributed by atoms with Crippen LogP contribution in [0, 0.1) is 5.82 Å². The summed E-state index contributed by atoms with van der Waals surface area (Å²) in [4.78, 5) is 3.73. The maximum Gasteiger partial charge on any atom is 0.416 e. The van der Waals surface area contributed by atoms with Gasteiger partial charge in [0.05, 0.1) is 24.1 Å². The molecule has 2 nitrogen and oxygen atoms in total. The molecule has 1 aromatic heterocycles. The van der Waals surface area contributed by atoms with Gasteiger partial charge in [-0.15, -0.1) is 0 Å². The van der Waals surface area contributed by atoms with Crippen molar-refractivity contribution in [2.24, 2.45) is 0 Å². The number of nitrogens with zero attached hydrogens (tertiary/aromatic N) is 1. The third-order valence-corrected chi connectivity index (χ3v) is 2.59. The van der Waals surface area contributed by atoms with Gasteiger partial charge in [-0.25, -0.2) is 4.39 Å². The molecule has 0 saturated heterocycles. The molecule has 0 aliphatic rings. The van der Waals surface area contributed by atoms with E-state index in [1.165, 1.54) is 18.2 Å². The predicted molar refractivity (Wildman–Crippen MR) is 60.6 cm³/mol. The summed E-state index contributed by atoms with van der Waals surface area (Å²) in [5.41, 5.74) is -0.426. The molecule has 0 aliphatic heterocycles. The zero-order valence-corrected chi connectivity index (χ0v) is 9.58. The van der Waals surface area contributed by atoms with Crippen molar-refractivity contribution in [2.45, 2.75) is 12.8 Å². The summed E-state index contributed by atoms with van der Waals surface area (Å²) in [6.45, 7) is -0.541. The van der Waals surface area contributed by atoms with Gasteiger partial charge in [0.25, 0.3) is 0 Å². The lowest BCUT2D eigenvalue weighted by molar-refractivity contribution is -0.137. The van der Waals surface area contributed by atoms with Crippen molar-refractivity contribution in [3.8, 4) is 11.3 Å². The molecule has 1 N–H and O–H groups in total. The molecule has 0 saturated carbocycles. The highest BCUT2D eigenvalue weighted by atomic mass is 19.4. The molecular formula is C13H9F4NO. The Morgan fingerprint density at radius 3 is 2.53 bits per heavy atom. The van der Waals surface area contributed by atoms with E-state index in [0.717, 1.165) is 18.3 Å². The molecule has 0 amide bonds. The van der Waals surface area contributed by atoms with Crippen molar-refractivity contribution < 1.29 is 22.7 Å². The van der Waals surface area contributed by atoms with E-state index in [-0.39, 0.29) is 16.8 Å². The molecule has 1 aromatic carbocycles. The van der Waals surface area contributed by atoms with Crippen LogP contribution in [0.15, 0.2) is 36.5 Å². The molecular weight excluding hydrogens is 262 g/mol. The molecule has 1 heterocycles. The van der Waals surface area contributed by atoms with Gasteiger partial charge in [-0.1, -0.05) is 12.1 Å². The summed E-state index contributed by atoms with van der Waals surface area (Å²) < 4.78 is 50.9. The SMILES string of the molecule is OCc1cc(-c2cccc(C(F)(F)F)c2)ncc1F. The fourth-order valence-electron chi connectivity index (χ4n) is 1.61. The van der Waals surface area contributed by atoms with Gasteiger partial charge in [0.2, 0.25) is 0 Å². The van der Waals surface area contributed by atoms with E-state index in [0.29, 0.717) is 0 Å². The molecule has 0 bridgehead atoms. The van der Waals surface area contributed by atoms with Gasteiger partial charge in [0.1, 0.15) is 5.82 Å². The Morgan fingerprint density at radius 2 is 1.89 bits per heavy atom. The Bertz CT molecular complexity index is 595. The van der Waals surface area contributed by atoms with E-state index >= 15 is 0 Å². The zero-order chi connectivity index (χ0) is 14.0. The average Bonchev–Trinajstić information content (AvgIpc) is 2.38. The zero-order valence-electron chi connectivity index (χ0n) is 9.58. The van der Waals surface area contributed by atoms with Gasteiger partial charge in [-0.2, -0.15) is 13.2 Å². The number of alkyl halides is 3. The van der Waals surface area contributed by atoms with Crippen LogP contribution < -0.4 is 0 Å². The first-order chi connectivity index (χ1) is 8.91. The number of aromatic nitrogens is 1. The molecule has 19 heavy (non-hydrogen) atoms. The fourth-order valence-corrected chi connectivity index (χ4v) is 1.61. The number of benzene rings is 1. The van der Waals surface area contributed by atoms with Crippen molar-refractivity contribution in [1.82, 2.24) is 4.98 Å². The monoisotopic (exact) mass is 271 g/mol. The van der Waals surface area contributed by atoms with E-state index in [2.05, 4.69) is 4.98 Å². The Hall–Kier alpha value is -1.95. The van der Waals surface area contributed by atoms with Gasteiger partial charge in [-0.3, -0.25) is 4.98 Å². The Balaban J connectivity index is 2.47. The van der Waals surface area contributed by atoms with Crippen LogP contribution in [0.4, 0.5) is 17.6 Å². The lowest BCUT2D eigenvalue weighted by atomic mass is 10.1. The third-order valence-electron chi connectivity index (χ3n) is 2.59. The molecule has 0 radical (unpaired) electrons. The van der Waals surface area contributed by atoms with Gasteiger partial charge < -0.3 is 5.11 Å². The van der Waals surface area contributed by atoms with Gasteiger partial charge in [0.15, 0.2) is 0 Å². The fraction of sp³-hybridized carbons (Fsp3) is 0.154. The Kier molecular flexibility index (Phi) is 3.53. The van der Waals surface area contributed by atoms with Crippen LogP contribution in [-0.4, -0.2) is 10.1 Å². The molecule has 0 spiro atoms. The van der Waals surface area contributed by atoms with Crippen LogP contribution in [0.2, 0.25) is 0 Å². The summed E-state index contributed by atoms with van der Waals surface area (Å²) in [6, 6.07) is 5.80. The summed E-state index contributed by atoms with van der Waals surface area (Å²) in [6.07, 6.45) is -3.57. The second kappa shape index (κ2) is 4.97.